The van der Waals surface area contributed by atoms with E-state index in [9.17, 15) is 0 Å². The molecule has 0 saturated carbocycles. The van der Waals surface area contributed by atoms with Crippen molar-refractivity contribution < 1.29 is 0 Å². The number of piperidine rings is 1. The zero-order chi connectivity index (χ0) is 13.0. The van der Waals surface area contributed by atoms with Gasteiger partial charge in [0, 0.05) is 23.1 Å². The highest BCUT2D eigenvalue weighted by Gasteiger charge is 2.27. The van der Waals surface area contributed by atoms with E-state index in [0.717, 1.165) is 17.4 Å². The van der Waals surface area contributed by atoms with Crippen molar-refractivity contribution >= 4 is 15.9 Å². The Hall–Kier alpha value is -0.380. The predicted octanol–water partition coefficient (Wildman–Crippen LogP) is 3.71. The molecule has 2 N–H and O–H groups in total. The molecule has 1 saturated heterocycles. The highest BCUT2D eigenvalue weighted by molar-refractivity contribution is 9.10. The third-order valence-electron chi connectivity index (χ3n) is 3.99. The van der Waals surface area contributed by atoms with Crippen LogP contribution in [0.25, 0.3) is 0 Å². The molecule has 0 radical (unpaired) electrons. The number of benzene rings is 1. The summed E-state index contributed by atoms with van der Waals surface area (Å²) < 4.78 is 1.15. The molecule has 0 amide bonds. The summed E-state index contributed by atoms with van der Waals surface area (Å²) in [6, 6.07) is 9.83. The van der Waals surface area contributed by atoms with Gasteiger partial charge in [0.2, 0.25) is 0 Å². The maximum atomic E-state index is 5.94. The van der Waals surface area contributed by atoms with Crippen molar-refractivity contribution in [3.63, 3.8) is 0 Å². The van der Waals surface area contributed by atoms with E-state index in [-0.39, 0.29) is 0 Å². The highest BCUT2D eigenvalue weighted by Crippen LogP contribution is 2.31. The van der Waals surface area contributed by atoms with Crippen LogP contribution in [0.2, 0.25) is 0 Å². The van der Waals surface area contributed by atoms with Gasteiger partial charge in [-0.25, -0.2) is 0 Å². The first kappa shape index (κ1) is 14.0. The average molecular weight is 311 g/mol. The quantitative estimate of drug-likeness (QED) is 0.918. The first-order chi connectivity index (χ1) is 8.76. The third-order valence-corrected chi connectivity index (χ3v) is 4.52. The van der Waals surface area contributed by atoms with Gasteiger partial charge in [0.15, 0.2) is 0 Å². The third kappa shape index (κ3) is 3.14. The SMILES string of the molecule is CCC(c1ccc(Br)cc1)N1CCCCC1CN. The second-order valence-electron chi connectivity index (χ2n) is 5.10. The standard InChI is InChI=1S/C15H23BrN2/c1-2-15(12-6-8-13(16)9-7-12)18-10-4-3-5-14(18)11-17/h6-9,14-15H,2-5,10-11,17H2,1H3. The fourth-order valence-electron chi connectivity index (χ4n) is 3.03. The maximum Gasteiger partial charge on any atom is 0.0348 e. The summed E-state index contributed by atoms with van der Waals surface area (Å²) in [6.45, 7) is 4.25. The molecule has 0 bridgehead atoms. The molecule has 2 atom stereocenters. The molecule has 1 aliphatic rings. The summed E-state index contributed by atoms with van der Waals surface area (Å²) in [5.74, 6) is 0. The van der Waals surface area contributed by atoms with Crippen LogP contribution >= 0.6 is 15.9 Å². The van der Waals surface area contributed by atoms with Crippen LogP contribution in [0.1, 0.15) is 44.2 Å². The summed E-state index contributed by atoms with van der Waals surface area (Å²) >= 11 is 3.50. The van der Waals surface area contributed by atoms with Crippen molar-refractivity contribution in [3.8, 4) is 0 Å². The van der Waals surface area contributed by atoms with E-state index < -0.39 is 0 Å². The molecule has 1 aromatic rings. The van der Waals surface area contributed by atoms with Crippen LogP contribution in [-0.4, -0.2) is 24.0 Å². The minimum absolute atomic E-state index is 0.520. The van der Waals surface area contributed by atoms with E-state index in [0.29, 0.717) is 12.1 Å². The van der Waals surface area contributed by atoms with Crippen molar-refractivity contribution in [2.75, 3.05) is 13.1 Å². The molecular weight excluding hydrogens is 288 g/mol. The van der Waals surface area contributed by atoms with Crippen LogP contribution in [0.3, 0.4) is 0 Å². The minimum Gasteiger partial charge on any atom is -0.329 e. The maximum absolute atomic E-state index is 5.94. The summed E-state index contributed by atoms with van der Waals surface area (Å²) in [6.07, 6.45) is 5.04. The van der Waals surface area contributed by atoms with E-state index in [2.05, 4.69) is 52.0 Å². The second-order valence-corrected chi connectivity index (χ2v) is 6.01. The summed E-state index contributed by atoms with van der Waals surface area (Å²) in [5.41, 5.74) is 7.36. The molecule has 2 unspecified atom stereocenters. The number of nitrogens with two attached hydrogens (primary N) is 1. The number of hydrogen-bond donors (Lipinski definition) is 1. The Kier molecular flexibility index (Phi) is 5.22. The molecule has 1 fully saturated rings. The van der Waals surface area contributed by atoms with Crippen molar-refractivity contribution in [1.82, 2.24) is 4.90 Å². The van der Waals surface area contributed by atoms with Gasteiger partial charge >= 0.3 is 0 Å². The van der Waals surface area contributed by atoms with E-state index in [1.165, 1.54) is 31.4 Å². The number of nitrogens with zero attached hydrogens (tertiary/aromatic N) is 1. The molecule has 0 spiro atoms. The Bertz CT molecular complexity index is 363. The molecule has 1 heterocycles. The van der Waals surface area contributed by atoms with Gasteiger partial charge in [-0.2, -0.15) is 0 Å². The zero-order valence-electron chi connectivity index (χ0n) is 11.1. The van der Waals surface area contributed by atoms with Crippen LogP contribution in [-0.2, 0) is 0 Å². The molecule has 0 aliphatic carbocycles. The van der Waals surface area contributed by atoms with Gasteiger partial charge in [0.05, 0.1) is 0 Å². The van der Waals surface area contributed by atoms with Crippen LogP contribution in [0.5, 0.6) is 0 Å². The summed E-state index contributed by atoms with van der Waals surface area (Å²) in [5, 5.41) is 0. The molecule has 2 rings (SSSR count). The minimum atomic E-state index is 0.520. The second kappa shape index (κ2) is 6.69. The number of halogens is 1. The van der Waals surface area contributed by atoms with Crippen LogP contribution in [0.15, 0.2) is 28.7 Å². The normalized spacial score (nSPS) is 22.9. The zero-order valence-corrected chi connectivity index (χ0v) is 12.7. The molecule has 2 nitrogen and oxygen atoms in total. The van der Waals surface area contributed by atoms with Gasteiger partial charge in [0.1, 0.15) is 0 Å². The van der Waals surface area contributed by atoms with Gasteiger partial charge in [-0.15, -0.1) is 0 Å². The topological polar surface area (TPSA) is 29.3 Å². The van der Waals surface area contributed by atoms with E-state index in [4.69, 9.17) is 5.73 Å². The van der Waals surface area contributed by atoms with Gasteiger partial charge in [-0.3, -0.25) is 4.90 Å². The molecule has 3 heteroatoms. The Morgan fingerprint density at radius 1 is 1.33 bits per heavy atom. The summed E-state index contributed by atoms with van der Waals surface area (Å²) in [7, 11) is 0. The fourth-order valence-corrected chi connectivity index (χ4v) is 3.30. The number of likely N-dealkylation sites (tertiary alicyclic amines) is 1. The van der Waals surface area contributed by atoms with Crippen LogP contribution in [0, 0.1) is 0 Å². The highest BCUT2D eigenvalue weighted by atomic mass is 79.9. The molecule has 0 aromatic heterocycles. The van der Waals surface area contributed by atoms with Crippen LogP contribution < -0.4 is 5.73 Å². The predicted molar refractivity (Wildman–Crippen MR) is 80.6 cm³/mol. The number of hydrogen-bond acceptors (Lipinski definition) is 2. The Balaban J connectivity index is 2.18. The van der Waals surface area contributed by atoms with Crippen molar-refractivity contribution in [1.29, 1.82) is 0 Å². The Labute approximate surface area is 119 Å². The average Bonchev–Trinajstić information content (AvgIpc) is 2.42. The van der Waals surface area contributed by atoms with Gasteiger partial charge in [-0.05, 0) is 43.5 Å². The van der Waals surface area contributed by atoms with Crippen molar-refractivity contribution in [3.05, 3.63) is 34.3 Å². The van der Waals surface area contributed by atoms with Crippen LogP contribution in [0.4, 0.5) is 0 Å². The lowest BCUT2D eigenvalue weighted by atomic mass is 9.95. The molecule has 18 heavy (non-hydrogen) atoms. The lowest BCUT2D eigenvalue weighted by molar-refractivity contribution is 0.0959. The first-order valence-corrected chi connectivity index (χ1v) is 7.76. The Morgan fingerprint density at radius 2 is 2.06 bits per heavy atom. The molecular formula is C15H23BrN2. The summed E-state index contributed by atoms with van der Waals surface area (Å²) in [4.78, 5) is 2.62. The largest absolute Gasteiger partial charge is 0.329 e. The van der Waals surface area contributed by atoms with Crippen molar-refractivity contribution in [2.45, 2.75) is 44.7 Å². The molecule has 1 aliphatic heterocycles. The molecule has 1 aromatic carbocycles. The van der Waals surface area contributed by atoms with E-state index in [1.807, 2.05) is 0 Å². The van der Waals surface area contributed by atoms with Crippen molar-refractivity contribution in [2.24, 2.45) is 5.73 Å². The number of rotatable bonds is 4. The van der Waals surface area contributed by atoms with E-state index >= 15 is 0 Å². The Morgan fingerprint density at radius 3 is 2.67 bits per heavy atom. The van der Waals surface area contributed by atoms with Gasteiger partial charge < -0.3 is 5.73 Å². The lowest BCUT2D eigenvalue weighted by Gasteiger charge is -2.40. The van der Waals surface area contributed by atoms with Gasteiger partial charge in [-0.1, -0.05) is 41.4 Å². The first-order valence-electron chi connectivity index (χ1n) is 6.97. The monoisotopic (exact) mass is 310 g/mol. The molecule has 100 valence electrons. The lowest BCUT2D eigenvalue weighted by Crippen LogP contribution is -2.45. The smallest absolute Gasteiger partial charge is 0.0348 e. The fraction of sp³-hybridized carbons (Fsp3) is 0.600. The van der Waals surface area contributed by atoms with E-state index in [1.54, 1.807) is 0 Å². The van der Waals surface area contributed by atoms with Gasteiger partial charge in [0.25, 0.3) is 0 Å².